The number of halogens is 1. The van der Waals surface area contributed by atoms with Gasteiger partial charge in [0.1, 0.15) is 11.4 Å². The lowest BCUT2D eigenvalue weighted by atomic mass is 10.2. The third-order valence-corrected chi connectivity index (χ3v) is 2.35. The lowest BCUT2D eigenvalue weighted by Crippen LogP contribution is -2.20. The van der Waals surface area contributed by atoms with Gasteiger partial charge in [0.05, 0.1) is 4.92 Å². The molecule has 0 atom stereocenters. The van der Waals surface area contributed by atoms with E-state index in [4.69, 9.17) is 0 Å². The number of aromatic nitrogens is 1. The highest BCUT2D eigenvalue weighted by atomic mass is 19.1. The number of rotatable bonds is 3. The molecule has 1 aromatic heterocycles. The van der Waals surface area contributed by atoms with Gasteiger partial charge in [-0.2, -0.15) is 0 Å². The molecule has 0 aliphatic rings. The molecule has 2 N–H and O–H groups in total. The van der Waals surface area contributed by atoms with Gasteiger partial charge in [-0.15, -0.1) is 4.73 Å². The van der Waals surface area contributed by atoms with Crippen molar-refractivity contribution < 1.29 is 29.2 Å². The Morgan fingerprint density at radius 2 is 1.85 bits per heavy atom. The van der Waals surface area contributed by atoms with E-state index in [-0.39, 0.29) is 0 Å². The van der Waals surface area contributed by atoms with E-state index in [9.17, 15) is 29.5 Å². The lowest BCUT2D eigenvalue weighted by molar-refractivity contribution is -0.384. The van der Waals surface area contributed by atoms with Crippen LogP contribution in [0.2, 0.25) is 0 Å². The van der Waals surface area contributed by atoms with Crippen molar-refractivity contribution in [1.29, 1.82) is 0 Å². The van der Waals surface area contributed by atoms with Gasteiger partial charge in [0.25, 0.3) is 5.69 Å². The number of carbonyl (C=O) groups is 1. The van der Waals surface area contributed by atoms with Crippen LogP contribution in [0.3, 0.4) is 0 Å². The molecule has 0 saturated carbocycles. The Hall–Kier alpha value is -3.10. The fraction of sp³-hybridized carbons (Fsp3) is 0. The predicted octanol–water partition coefficient (Wildman–Crippen LogP) is 1.22. The molecule has 8 nitrogen and oxygen atoms in total. The van der Waals surface area contributed by atoms with Crippen molar-refractivity contribution in [3.8, 4) is 11.8 Å². The summed E-state index contributed by atoms with van der Waals surface area (Å²) in [6, 6.07) is 4.38. The summed E-state index contributed by atoms with van der Waals surface area (Å²) in [5.41, 5.74) is -1.20. The highest BCUT2D eigenvalue weighted by Gasteiger charge is 2.21. The van der Waals surface area contributed by atoms with E-state index < -0.39 is 39.7 Å². The van der Waals surface area contributed by atoms with Crippen molar-refractivity contribution in [2.24, 2.45) is 0 Å². The summed E-state index contributed by atoms with van der Waals surface area (Å²) in [6.45, 7) is 0. The number of nitro benzene ring substituents is 1. The molecule has 0 amide bonds. The summed E-state index contributed by atoms with van der Waals surface area (Å²) in [5, 5.41) is 29.1. The molecule has 1 aromatic carbocycles. The summed E-state index contributed by atoms with van der Waals surface area (Å²) < 4.78 is 13.8. The molecule has 0 radical (unpaired) electrons. The molecule has 0 saturated heterocycles. The molecule has 0 aliphatic heterocycles. The van der Waals surface area contributed by atoms with Crippen LogP contribution in [-0.2, 0) is 0 Å². The molecule has 0 bridgehead atoms. The van der Waals surface area contributed by atoms with Gasteiger partial charge >= 0.3 is 5.97 Å². The minimum atomic E-state index is -1.31. The minimum Gasteiger partial charge on any atom is -0.492 e. The molecule has 0 spiro atoms. The van der Waals surface area contributed by atoms with Gasteiger partial charge in [-0.25, -0.2) is 9.18 Å². The Morgan fingerprint density at radius 3 is 2.40 bits per heavy atom. The van der Waals surface area contributed by atoms with Crippen LogP contribution in [0.25, 0.3) is 0 Å². The van der Waals surface area contributed by atoms with Gasteiger partial charge in [0, 0.05) is 24.3 Å². The normalized spacial score (nSPS) is 10.2. The second kappa shape index (κ2) is 4.88. The zero-order valence-electron chi connectivity index (χ0n) is 9.69. The molecule has 0 unspecified atom stereocenters. The summed E-state index contributed by atoms with van der Waals surface area (Å²) in [5.74, 6) is -3.54. The van der Waals surface area contributed by atoms with E-state index in [1.54, 1.807) is 0 Å². The van der Waals surface area contributed by atoms with Crippen molar-refractivity contribution in [3.63, 3.8) is 0 Å². The van der Waals surface area contributed by atoms with Crippen LogP contribution in [-0.4, -0.2) is 25.8 Å². The number of aromatic hydroxyl groups is 2. The van der Waals surface area contributed by atoms with Crippen molar-refractivity contribution in [2.45, 2.75) is 0 Å². The van der Waals surface area contributed by atoms with Crippen molar-refractivity contribution in [3.05, 3.63) is 51.8 Å². The molecule has 0 aliphatic carbocycles. The highest BCUT2D eigenvalue weighted by Crippen LogP contribution is 2.21. The number of hydrogen-bond acceptors (Lipinski definition) is 6. The van der Waals surface area contributed by atoms with E-state index in [0.717, 1.165) is 24.3 Å². The number of benzene rings is 1. The lowest BCUT2D eigenvalue weighted by Gasteiger charge is -2.07. The number of nitro groups is 1. The van der Waals surface area contributed by atoms with Crippen molar-refractivity contribution in [1.82, 2.24) is 4.73 Å². The third-order valence-electron chi connectivity index (χ3n) is 2.35. The van der Waals surface area contributed by atoms with E-state index in [2.05, 4.69) is 4.84 Å². The van der Waals surface area contributed by atoms with Crippen LogP contribution < -0.4 is 4.84 Å². The van der Waals surface area contributed by atoms with E-state index in [0.29, 0.717) is 10.8 Å². The maximum absolute atomic E-state index is 13.5. The first-order chi connectivity index (χ1) is 9.40. The summed E-state index contributed by atoms with van der Waals surface area (Å²) >= 11 is 0. The Bertz CT molecular complexity index is 677. The second-order valence-corrected chi connectivity index (χ2v) is 3.64. The van der Waals surface area contributed by atoms with Gasteiger partial charge in [0.2, 0.25) is 11.8 Å². The number of nitrogens with zero attached hydrogens (tertiary/aromatic N) is 2. The molecule has 20 heavy (non-hydrogen) atoms. The Labute approximate surface area is 110 Å². The SMILES string of the molecule is O=C(On1c(O)ccc1O)c1cc([N+](=O)[O-])ccc1F. The molecule has 2 aromatic rings. The fourth-order valence-electron chi connectivity index (χ4n) is 1.41. The summed E-state index contributed by atoms with van der Waals surface area (Å²) in [7, 11) is 0. The van der Waals surface area contributed by atoms with E-state index in [1.807, 2.05) is 0 Å². The number of hydrogen-bond donors (Lipinski definition) is 2. The Morgan fingerprint density at radius 1 is 1.25 bits per heavy atom. The van der Waals surface area contributed by atoms with Gasteiger partial charge in [-0.1, -0.05) is 0 Å². The van der Waals surface area contributed by atoms with Crippen LogP contribution in [0.5, 0.6) is 11.8 Å². The minimum absolute atomic E-state index is 0.348. The standard InChI is InChI=1S/C11H7FN2O6/c12-8-2-1-6(14(18)19)5-7(8)11(17)20-13-9(15)3-4-10(13)16/h1-5,15-16H. The average molecular weight is 282 g/mol. The molecular weight excluding hydrogens is 275 g/mol. The fourth-order valence-corrected chi connectivity index (χ4v) is 1.41. The molecule has 1 heterocycles. The number of non-ortho nitro benzene ring substituents is 1. The largest absolute Gasteiger partial charge is 0.492 e. The quantitative estimate of drug-likeness (QED) is 0.646. The maximum atomic E-state index is 13.5. The first kappa shape index (κ1) is 13.3. The average Bonchev–Trinajstić information content (AvgIpc) is 2.70. The molecule has 9 heteroatoms. The van der Waals surface area contributed by atoms with Gasteiger partial charge in [-0.3, -0.25) is 10.1 Å². The van der Waals surface area contributed by atoms with Crippen molar-refractivity contribution >= 4 is 11.7 Å². The molecule has 104 valence electrons. The highest BCUT2D eigenvalue weighted by molar-refractivity contribution is 5.90. The predicted molar refractivity (Wildman–Crippen MR) is 61.7 cm³/mol. The van der Waals surface area contributed by atoms with Crippen molar-refractivity contribution in [2.75, 3.05) is 0 Å². The van der Waals surface area contributed by atoms with Crippen LogP contribution in [0.15, 0.2) is 30.3 Å². The molecular formula is C11H7FN2O6. The first-order valence-electron chi connectivity index (χ1n) is 5.16. The molecule has 0 fully saturated rings. The zero-order valence-corrected chi connectivity index (χ0v) is 9.69. The molecule has 2 rings (SSSR count). The zero-order chi connectivity index (χ0) is 14.9. The summed E-state index contributed by atoms with van der Waals surface area (Å²) in [6.07, 6.45) is 0. The topological polar surface area (TPSA) is 115 Å². The maximum Gasteiger partial charge on any atom is 0.367 e. The Balaban J connectivity index is 2.34. The second-order valence-electron chi connectivity index (χ2n) is 3.64. The van der Waals surface area contributed by atoms with Gasteiger partial charge in [-0.05, 0) is 6.07 Å². The van der Waals surface area contributed by atoms with E-state index >= 15 is 0 Å². The smallest absolute Gasteiger partial charge is 0.367 e. The van der Waals surface area contributed by atoms with Crippen LogP contribution >= 0.6 is 0 Å². The van der Waals surface area contributed by atoms with Crippen LogP contribution in [0.1, 0.15) is 10.4 Å². The van der Waals surface area contributed by atoms with Gasteiger partial charge < -0.3 is 15.1 Å². The van der Waals surface area contributed by atoms with Crippen LogP contribution in [0.4, 0.5) is 10.1 Å². The van der Waals surface area contributed by atoms with Gasteiger partial charge in [0.15, 0.2) is 0 Å². The first-order valence-corrected chi connectivity index (χ1v) is 5.16. The summed E-state index contributed by atoms with van der Waals surface area (Å²) in [4.78, 5) is 26.0. The third kappa shape index (κ3) is 2.36. The monoisotopic (exact) mass is 282 g/mol. The Kier molecular flexibility index (Phi) is 3.25. The van der Waals surface area contributed by atoms with Crippen LogP contribution in [0, 0.1) is 15.9 Å². The number of carbonyl (C=O) groups excluding carboxylic acids is 1. The van der Waals surface area contributed by atoms with E-state index in [1.165, 1.54) is 0 Å².